The van der Waals surface area contributed by atoms with Crippen LogP contribution in [0.3, 0.4) is 0 Å². The summed E-state index contributed by atoms with van der Waals surface area (Å²) < 4.78 is 22.3. The summed E-state index contributed by atoms with van der Waals surface area (Å²) in [6, 6.07) is 0. The third kappa shape index (κ3) is 4.17. The second kappa shape index (κ2) is 5.46. The number of amides is 1. The van der Waals surface area contributed by atoms with E-state index in [-0.39, 0.29) is 17.4 Å². The number of hydrogen-bond donors (Lipinski definition) is 1. The Labute approximate surface area is 90.7 Å². The van der Waals surface area contributed by atoms with Gasteiger partial charge in [0.25, 0.3) is 0 Å². The number of rotatable bonds is 4. The molecule has 1 aliphatic rings. The molecule has 1 aliphatic heterocycles. The van der Waals surface area contributed by atoms with Crippen LogP contribution < -0.4 is 5.32 Å². The highest BCUT2D eigenvalue weighted by molar-refractivity contribution is 7.91. The predicted molar refractivity (Wildman–Crippen MR) is 58.4 cm³/mol. The van der Waals surface area contributed by atoms with Crippen molar-refractivity contribution in [3.63, 3.8) is 0 Å². The molecule has 1 N–H and O–H groups in total. The first kappa shape index (κ1) is 12.4. The maximum Gasteiger partial charge on any atom is 0.236 e. The van der Waals surface area contributed by atoms with E-state index in [0.717, 1.165) is 13.0 Å². The second-order valence-electron chi connectivity index (χ2n) is 3.71. The summed E-state index contributed by atoms with van der Waals surface area (Å²) in [6.07, 6.45) is 0.988. The van der Waals surface area contributed by atoms with Gasteiger partial charge in [-0.05, 0) is 13.0 Å². The van der Waals surface area contributed by atoms with Crippen molar-refractivity contribution in [2.24, 2.45) is 0 Å². The second-order valence-corrected chi connectivity index (χ2v) is 6.01. The molecule has 0 bridgehead atoms. The van der Waals surface area contributed by atoms with Gasteiger partial charge in [0.2, 0.25) is 5.91 Å². The van der Waals surface area contributed by atoms with Gasteiger partial charge in [-0.2, -0.15) is 0 Å². The average Bonchev–Trinajstić information content (AvgIpc) is 2.18. The van der Waals surface area contributed by atoms with Gasteiger partial charge >= 0.3 is 0 Å². The van der Waals surface area contributed by atoms with Gasteiger partial charge in [0.15, 0.2) is 9.84 Å². The number of hydrogen-bond acceptors (Lipinski definition) is 4. The molecule has 5 nitrogen and oxygen atoms in total. The van der Waals surface area contributed by atoms with E-state index in [1.165, 1.54) is 0 Å². The minimum Gasteiger partial charge on any atom is -0.340 e. The smallest absolute Gasteiger partial charge is 0.236 e. The van der Waals surface area contributed by atoms with Crippen LogP contribution in [0, 0.1) is 0 Å². The van der Waals surface area contributed by atoms with Crippen LogP contribution in [0.15, 0.2) is 0 Å². The van der Waals surface area contributed by atoms with Crippen LogP contribution in [0.5, 0.6) is 0 Å². The van der Waals surface area contributed by atoms with Crippen LogP contribution in [0.1, 0.15) is 13.3 Å². The zero-order chi connectivity index (χ0) is 11.3. The Morgan fingerprint density at radius 2 is 1.93 bits per heavy atom. The topological polar surface area (TPSA) is 66.5 Å². The molecule has 0 atom stereocenters. The Kier molecular flexibility index (Phi) is 4.53. The van der Waals surface area contributed by atoms with E-state index in [1.807, 2.05) is 6.92 Å². The molecule has 1 fully saturated rings. The SMILES string of the molecule is CCCNCC(=O)N1CCS(=O)(=O)CC1. The van der Waals surface area contributed by atoms with Gasteiger partial charge in [-0.1, -0.05) is 6.92 Å². The fourth-order valence-electron chi connectivity index (χ4n) is 1.45. The molecular weight excluding hydrogens is 216 g/mol. The molecule has 88 valence electrons. The van der Waals surface area contributed by atoms with E-state index < -0.39 is 9.84 Å². The molecule has 0 unspecified atom stereocenters. The lowest BCUT2D eigenvalue weighted by molar-refractivity contribution is -0.129. The lowest BCUT2D eigenvalue weighted by Gasteiger charge is -2.26. The highest BCUT2D eigenvalue weighted by atomic mass is 32.2. The zero-order valence-electron chi connectivity index (χ0n) is 9.03. The van der Waals surface area contributed by atoms with Crippen molar-refractivity contribution in [1.29, 1.82) is 0 Å². The molecule has 15 heavy (non-hydrogen) atoms. The summed E-state index contributed by atoms with van der Waals surface area (Å²) in [5, 5.41) is 3.01. The summed E-state index contributed by atoms with van der Waals surface area (Å²) in [4.78, 5) is 13.2. The Balaban J connectivity index is 2.30. The molecule has 0 spiro atoms. The molecule has 6 heteroatoms. The Hall–Kier alpha value is -0.620. The molecule has 1 amide bonds. The van der Waals surface area contributed by atoms with Gasteiger partial charge in [-0.25, -0.2) is 8.42 Å². The Morgan fingerprint density at radius 3 is 2.47 bits per heavy atom. The quantitative estimate of drug-likeness (QED) is 0.650. The molecule has 0 aromatic carbocycles. The van der Waals surface area contributed by atoms with Crippen molar-refractivity contribution in [2.45, 2.75) is 13.3 Å². The number of carbonyl (C=O) groups is 1. The van der Waals surface area contributed by atoms with Crippen LogP contribution in [-0.4, -0.2) is 56.9 Å². The zero-order valence-corrected chi connectivity index (χ0v) is 9.85. The van der Waals surface area contributed by atoms with Crippen LogP contribution in [0.2, 0.25) is 0 Å². The fraction of sp³-hybridized carbons (Fsp3) is 0.889. The van der Waals surface area contributed by atoms with Crippen molar-refractivity contribution >= 4 is 15.7 Å². The van der Waals surface area contributed by atoms with Crippen molar-refractivity contribution in [1.82, 2.24) is 10.2 Å². The van der Waals surface area contributed by atoms with Crippen LogP contribution in [0.4, 0.5) is 0 Å². The van der Waals surface area contributed by atoms with Crippen LogP contribution in [-0.2, 0) is 14.6 Å². The standard InChI is InChI=1S/C9H18N2O3S/c1-2-3-10-8-9(12)11-4-6-15(13,14)7-5-11/h10H,2-8H2,1H3. The lowest BCUT2D eigenvalue weighted by Crippen LogP contribution is -2.46. The van der Waals surface area contributed by atoms with E-state index in [2.05, 4.69) is 5.32 Å². The fourth-order valence-corrected chi connectivity index (χ4v) is 2.65. The first-order chi connectivity index (χ1) is 7.05. The number of nitrogens with zero attached hydrogens (tertiary/aromatic N) is 1. The van der Waals surface area contributed by atoms with Gasteiger partial charge in [-0.3, -0.25) is 4.79 Å². The maximum absolute atomic E-state index is 11.6. The first-order valence-corrected chi connectivity index (χ1v) is 7.06. The highest BCUT2D eigenvalue weighted by Crippen LogP contribution is 2.03. The first-order valence-electron chi connectivity index (χ1n) is 5.24. The molecule has 0 saturated carbocycles. The molecule has 0 aromatic heterocycles. The molecular formula is C9H18N2O3S. The van der Waals surface area contributed by atoms with E-state index in [4.69, 9.17) is 0 Å². The molecule has 0 aliphatic carbocycles. The third-order valence-electron chi connectivity index (χ3n) is 2.40. The van der Waals surface area contributed by atoms with Gasteiger partial charge in [0.05, 0.1) is 18.1 Å². The third-order valence-corrected chi connectivity index (χ3v) is 4.01. The molecule has 1 heterocycles. The highest BCUT2D eigenvalue weighted by Gasteiger charge is 2.24. The van der Waals surface area contributed by atoms with E-state index in [0.29, 0.717) is 19.6 Å². The van der Waals surface area contributed by atoms with Crippen molar-refractivity contribution in [3.8, 4) is 0 Å². The van der Waals surface area contributed by atoms with E-state index in [1.54, 1.807) is 4.90 Å². The van der Waals surface area contributed by atoms with Crippen molar-refractivity contribution in [2.75, 3.05) is 37.7 Å². The van der Waals surface area contributed by atoms with Gasteiger partial charge in [0.1, 0.15) is 0 Å². The number of sulfone groups is 1. The molecule has 1 rings (SSSR count). The largest absolute Gasteiger partial charge is 0.340 e. The van der Waals surface area contributed by atoms with Crippen molar-refractivity contribution < 1.29 is 13.2 Å². The summed E-state index contributed by atoms with van der Waals surface area (Å²) in [5.74, 6) is 0.206. The lowest BCUT2D eigenvalue weighted by atomic mass is 10.4. The minimum atomic E-state index is -2.89. The summed E-state index contributed by atoms with van der Waals surface area (Å²) in [6.45, 7) is 3.85. The van der Waals surface area contributed by atoms with Crippen LogP contribution >= 0.6 is 0 Å². The monoisotopic (exact) mass is 234 g/mol. The van der Waals surface area contributed by atoms with Crippen molar-refractivity contribution in [3.05, 3.63) is 0 Å². The number of carbonyl (C=O) groups excluding carboxylic acids is 1. The molecule has 0 radical (unpaired) electrons. The summed E-state index contributed by atoms with van der Waals surface area (Å²) in [5.41, 5.74) is 0. The van der Waals surface area contributed by atoms with E-state index in [9.17, 15) is 13.2 Å². The van der Waals surface area contributed by atoms with E-state index >= 15 is 0 Å². The Bertz CT molecular complexity index is 299. The van der Waals surface area contributed by atoms with Gasteiger partial charge < -0.3 is 10.2 Å². The Morgan fingerprint density at radius 1 is 1.33 bits per heavy atom. The van der Waals surface area contributed by atoms with Gasteiger partial charge in [0, 0.05) is 13.1 Å². The van der Waals surface area contributed by atoms with Crippen LogP contribution in [0.25, 0.3) is 0 Å². The van der Waals surface area contributed by atoms with Gasteiger partial charge in [-0.15, -0.1) is 0 Å². The maximum atomic E-state index is 11.6. The minimum absolute atomic E-state index is 0.00153. The average molecular weight is 234 g/mol. The summed E-state index contributed by atoms with van der Waals surface area (Å²) in [7, 11) is -2.89. The predicted octanol–water partition coefficient (Wildman–Crippen LogP) is -0.757. The summed E-state index contributed by atoms with van der Waals surface area (Å²) >= 11 is 0. The number of nitrogens with one attached hydrogen (secondary N) is 1. The normalized spacial score (nSPS) is 20.2. The molecule has 0 aromatic rings. The molecule has 1 saturated heterocycles.